The molecule has 0 bridgehead atoms. The van der Waals surface area contributed by atoms with Gasteiger partial charge in [-0.25, -0.2) is 4.68 Å². The van der Waals surface area contributed by atoms with Crippen molar-refractivity contribution in [3.05, 3.63) is 70.0 Å². The summed E-state index contributed by atoms with van der Waals surface area (Å²) in [6, 6.07) is 13.3. The smallest absolute Gasteiger partial charge is 0.267 e. The summed E-state index contributed by atoms with van der Waals surface area (Å²) < 4.78 is 11.6. The number of carbonyl (C=O) groups is 1. The highest BCUT2D eigenvalue weighted by Gasteiger charge is 2.19. The van der Waals surface area contributed by atoms with Gasteiger partial charge in [-0.1, -0.05) is 12.1 Å². The maximum absolute atomic E-state index is 12.8. The highest BCUT2D eigenvalue weighted by atomic mass is 16.5. The number of aromatic nitrogens is 2. The van der Waals surface area contributed by atoms with E-state index in [-0.39, 0.29) is 11.5 Å². The van der Waals surface area contributed by atoms with Gasteiger partial charge in [0.1, 0.15) is 17.5 Å². The molecule has 0 spiro atoms. The van der Waals surface area contributed by atoms with E-state index in [2.05, 4.69) is 10.4 Å². The first-order valence-corrected chi connectivity index (χ1v) is 9.54. The lowest BCUT2D eigenvalue weighted by atomic mass is 10.0. The van der Waals surface area contributed by atoms with Crippen LogP contribution in [0, 0.1) is 13.8 Å². The zero-order chi connectivity index (χ0) is 21.8. The van der Waals surface area contributed by atoms with Crippen molar-refractivity contribution in [1.82, 2.24) is 9.78 Å². The molecule has 1 aromatic heterocycles. The summed E-state index contributed by atoms with van der Waals surface area (Å²) in [7, 11) is 3.07. The van der Waals surface area contributed by atoms with Crippen LogP contribution in [0.3, 0.4) is 0 Å². The van der Waals surface area contributed by atoms with E-state index in [1.54, 1.807) is 31.2 Å². The second-order valence-electron chi connectivity index (χ2n) is 7.07. The van der Waals surface area contributed by atoms with E-state index in [9.17, 15) is 9.59 Å². The molecule has 1 heterocycles. The highest BCUT2D eigenvalue weighted by Crippen LogP contribution is 2.26. The Labute approximate surface area is 175 Å². The summed E-state index contributed by atoms with van der Waals surface area (Å²) in [6.07, 6.45) is 0. The average Bonchev–Trinajstić information content (AvgIpc) is 2.75. The fourth-order valence-electron chi connectivity index (χ4n) is 2.99. The monoisotopic (exact) mass is 407 g/mol. The number of amides is 1. The summed E-state index contributed by atoms with van der Waals surface area (Å²) in [5.74, 6) is 0.714. The molecule has 2 aromatic carbocycles. The summed E-state index contributed by atoms with van der Waals surface area (Å²) in [6.45, 7) is 5.69. The van der Waals surface area contributed by atoms with Crippen LogP contribution in [0.2, 0.25) is 0 Å². The molecule has 156 valence electrons. The van der Waals surface area contributed by atoms with Gasteiger partial charge in [0.25, 0.3) is 5.56 Å². The van der Waals surface area contributed by atoms with Crippen LogP contribution in [-0.4, -0.2) is 29.9 Å². The van der Waals surface area contributed by atoms with Crippen molar-refractivity contribution in [3.8, 4) is 22.8 Å². The second-order valence-corrected chi connectivity index (χ2v) is 7.07. The zero-order valence-electron chi connectivity index (χ0n) is 17.7. The molecule has 7 nitrogen and oxygen atoms in total. The van der Waals surface area contributed by atoms with E-state index in [1.165, 1.54) is 30.5 Å². The molecule has 3 rings (SSSR count). The highest BCUT2D eigenvalue weighted by molar-refractivity contribution is 5.93. The molecule has 0 aliphatic carbocycles. The number of hydrogen-bond donors (Lipinski definition) is 1. The van der Waals surface area contributed by atoms with Crippen LogP contribution in [0.15, 0.2) is 53.3 Å². The van der Waals surface area contributed by atoms with Crippen molar-refractivity contribution in [3.63, 3.8) is 0 Å². The SMILES string of the molecule is COc1cc(NC(=O)[C@H](C)n2nc(-c3ccc(C)c(C)c3)ccc2=O)cc(OC)c1. The van der Waals surface area contributed by atoms with Crippen LogP contribution >= 0.6 is 0 Å². The molecular weight excluding hydrogens is 382 g/mol. The topological polar surface area (TPSA) is 82.5 Å². The van der Waals surface area contributed by atoms with Gasteiger partial charge in [0.15, 0.2) is 0 Å². The van der Waals surface area contributed by atoms with Crippen LogP contribution < -0.4 is 20.3 Å². The van der Waals surface area contributed by atoms with Crippen molar-refractivity contribution in [2.45, 2.75) is 26.8 Å². The summed E-state index contributed by atoms with van der Waals surface area (Å²) in [4.78, 5) is 25.2. The number of nitrogens with one attached hydrogen (secondary N) is 1. The van der Waals surface area contributed by atoms with Gasteiger partial charge >= 0.3 is 0 Å². The van der Waals surface area contributed by atoms with Crippen molar-refractivity contribution in [1.29, 1.82) is 0 Å². The lowest BCUT2D eigenvalue weighted by Crippen LogP contribution is -2.33. The Balaban J connectivity index is 1.89. The van der Waals surface area contributed by atoms with Crippen molar-refractivity contribution >= 4 is 11.6 Å². The maximum Gasteiger partial charge on any atom is 0.267 e. The number of benzene rings is 2. The Hall–Kier alpha value is -3.61. The van der Waals surface area contributed by atoms with Gasteiger partial charge in [-0.05, 0) is 44.0 Å². The second kappa shape index (κ2) is 8.82. The lowest BCUT2D eigenvalue weighted by molar-refractivity contribution is -0.119. The van der Waals surface area contributed by atoms with Crippen LogP contribution in [0.1, 0.15) is 24.1 Å². The zero-order valence-corrected chi connectivity index (χ0v) is 17.7. The van der Waals surface area contributed by atoms with E-state index >= 15 is 0 Å². The number of nitrogens with zero attached hydrogens (tertiary/aromatic N) is 2. The number of aryl methyl sites for hydroxylation is 2. The quantitative estimate of drug-likeness (QED) is 0.673. The molecule has 1 amide bonds. The number of hydrogen-bond acceptors (Lipinski definition) is 5. The molecule has 1 N–H and O–H groups in total. The summed E-state index contributed by atoms with van der Waals surface area (Å²) >= 11 is 0. The molecule has 0 radical (unpaired) electrons. The van der Waals surface area contributed by atoms with Gasteiger partial charge in [-0.3, -0.25) is 9.59 Å². The molecule has 7 heteroatoms. The van der Waals surface area contributed by atoms with Crippen LogP contribution in [0.4, 0.5) is 5.69 Å². The largest absolute Gasteiger partial charge is 0.497 e. The average molecular weight is 407 g/mol. The van der Waals surface area contributed by atoms with E-state index in [1.807, 2.05) is 32.0 Å². The molecular formula is C23H25N3O4. The van der Waals surface area contributed by atoms with Crippen LogP contribution in [0.25, 0.3) is 11.3 Å². The fourth-order valence-corrected chi connectivity index (χ4v) is 2.99. The van der Waals surface area contributed by atoms with Gasteiger partial charge < -0.3 is 14.8 Å². The maximum atomic E-state index is 12.8. The first kappa shape index (κ1) is 21.1. The van der Waals surface area contributed by atoms with Gasteiger partial charge in [0.05, 0.1) is 19.9 Å². The molecule has 3 aromatic rings. The molecule has 0 aliphatic rings. The van der Waals surface area contributed by atoms with Gasteiger partial charge in [0.2, 0.25) is 5.91 Å². The number of ether oxygens (including phenoxy) is 2. The van der Waals surface area contributed by atoms with E-state index < -0.39 is 6.04 Å². The first-order chi connectivity index (χ1) is 14.3. The van der Waals surface area contributed by atoms with Crippen molar-refractivity contribution < 1.29 is 14.3 Å². The van der Waals surface area contributed by atoms with E-state index in [4.69, 9.17) is 9.47 Å². The van der Waals surface area contributed by atoms with Crippen molar-refractivity contribution in [2.75, 3.05) is 19.5 Å². The number of anilines is 1. The predicted octanol–water partition coefficient (Wildman–Crippen LogP) is 3.74. The minimum absolute atomic E-state index is 0.353. The Bertz CT molecular complexity index is 1120. The molecule has 1 atom stereocenters. The lowest BCUT2D eigenvalue weighted by Gasteiger charge is -2.16. The Morgan fingerprint density at radius 2 is 1.63 bits per heavy atom. The van der Waals surface area contributed by atoms with Gasteiger partial charge in [-0.15, -0.1) is 0 Å². The molecule has 0 saturated heterocycles. The number of rotatable bonds is 6. The fraction of sp³-hybridized carbons (Fsp3) is 0.261. The van der Waals surface area contributed by atoms with Gasteiger partial charge in [-0.2, -0.15) is 5.10 Å². The number of carbonyl (C=O) groups excluding carboxylic acids is 1. The van der Waals surface area contributed by atoms with E-state index in [0.717, 1.165) is 11.1 Å². The summed E-state index contributed by atoms with van der Waals surface area (Å²) in [5, 5.41) is 7.23. The molecule has 0 fully saturated rings. The Morgan fingerprint density at radius 1 is 0.967 bits per heavy atom. The standard InChI is InChI=1S/C23H25N3O4/c1-14-6-7-17(10-15(14)2)21-8-9-22(27)26(25-21)16(3)23(28)24-18-11-19(29-4)13-20(12-18)30-5/h6-13,16H,1-5H3,(H,24,28)/t16-/m0/s1. The van der Waals surface area contributed by atoms with Crippen LogP contribution in [0.5, 0.6) is 11.5 Å². The normalized spacial score (nSPS) is 11.6. The summed E-state index contributed by atoms with van der Waals surface area (Å²) in [5.41, 5.74) is 3.96. The third-order valence-electron chi connectivity index (χ3n) is 4.99. The van der Waals surface area contributed by atoms with Crippen LogP contribution in [-0.2, 0) is 4.79 Å². The van der Waals surface area contributed by atoms with E-state index in [0.29, 0.717) is 22.9 Å². The third-order valence-corrected chi connectivity index (χ3v) is 4.99. The predicted molar refractivity (Wildman–Crippen MR) is 116 cm³/mol. The number of methoxy groups -OCH3 is 2. The third kappa shape index (κ3) is 4.51. The Kier molecular flexibility index (Phi) is 6.20. The minimum atomic E-state index is -0.818. The molecule has 0 saturated carbocycles. The molecule has 30 heavy (non-hydrogen) atoms. The Morgan fingerprint density at radius 3 is 2.23 bits per heavy atom. The van der Waals surface area contributed by atoms with Crippen molar-refractivity contribution in [2.24, 2.45) is 0 Å². The first-order valence-electron chi connectivity index (χ1n) is 9.54. The molecule has 0 aliphatic heterocycles. The minimum Gasteiger partial charge on any atom is -0.497 e. The van der Waals surface area contributed by atoms with Gasteiger partial charge in [0, 0.05) is 35.5 Å². The molecule has 0 unspecified atom stereocenters.